The molecular formula is C28H27ClN7O3+. The number of nitro groups is 1. The van der Waals surface area contributed by atoms with Gasteiger partial charge in [-0.2, -0.15) is 0 Å². The molecule has 0 saturated carbocycles. The molecule has 1 aliphatic rings. The maximum Gasteiger partial charge on any atom is 0.368 e. The van der Waals surface area contributed by atoms with Crippen molar-refractivity contribution >= 4 is 45.5 Å². The van der Waals surface area contributed by atoms with Gasteiger partial charge < -0.3 is 19.9 Å². The molecule has 2 aromatic heterocycles. The van der Waals surface area contributed by atoms with Crippen molar-refractivity contribution in [3.05, 3.63) is 86.7 Å². The van der Waals surface area contributed by atoms with Crippen LogP contribution in [0, 0.1) is 22.5 Å². The van der Waals surface area contributed by atoms with Crippen molar-refractivity contribution in [1.82, 2.24) is 15.0 Å². The number of quaternary nitrogens is 1. The molecule has 0 bridgehead atoms. The lowest BCUT2D eigenvalue weighted by molar-refractivity contribution is -0.880. The van der Waals surface area contributed by atoms with Crippen LogP contribution in [0.15, 0.2) is 65.3 Å². The number of hydrogen-bond donors (Lipinski definition) is 1. The normalized spacial score (nSPS) is 13.6. The van der Waals surface area contributed by atoms with Crippen molar-refractivity contribution in [3.8, 4) is 12.3 Å². The molecule has 1 aromatic carbocycles. The van der Waals surface area contributed by atoms with E-state index in [0.29, 0.717) is 68.3 Å². The second-order valence-electron chi connectivity index (χ2n) is 9.91. The number of pyridine rings is 1. The molecule has 1 N–H and O–H groups in total. The Morgan fingerprint density at radius 3 is 2.82 bits per heavy atom. The van der Waals surface area contributed by atoms with Crippen molar-refractivity contribution in [1.29, 1.82) is 0 Å². The summed E-state index contributed by atoms with van der Waals surface area (Å²) in [7, 11) is 3.92. The Morgan fingerprint density at radius 1 is 1.28 bits per heavy atom. The number of ketones is 1. The third-order valence-corrected chi connectivity index (χ3v) is 6.43. The van der Waals surface area contributed by atoms with E-state index in [9.17, 15) is 14.9 Å². The van der Waals surface area contributed by atoms with Crippen LogP contribution < -0.4 is 5.32 Å². The number of nitrogens with one attached hydrogen (secondary N) is 1. The van der Waals surface area contributed by atoms with Crippen LogP contribution in [0.3, 0.4) is 0 Å². The first-order valence-electron chi connectivity index (χ1n) is 12.1. The molecule has 0 amide bonds. The summed E-state index contributed by atoms with van der Waals surface area (Å²) >= 11 is 6.11. The van der Waals surface area contributed by atoms with E-state index in [1.807, 2.05) is 14.1 Å². The molecule has 3 heterocycles. The minimum atomic E-state index is -0.433. The van der Waals surface area contributed by atoms with E-state index in [-0.39, 0.29) is 18.0 Å². The van der Waals surface area contributed by atoms with Crippen LogP contribution in [0.4, 0.5) is 11.5 Å². The Bertz CT molecular complexity index is 1600. The highest BCUT2D eigenvalue weighted by molar-refractivity contribution is 6.31. The standard InChI is InChI=1S/C28H27ClN7O3/c1-5-19-12-21(8-9-25(19)29)34-27-24-14-22(30-15-26(24)31-17-32-27)13-23(37)7-6-10-36(3,4)16-20-11-18(2)33-28(20)35(38)39/h1,6-9,12,14-15,17H,10-11,13,16H2,2-4H3,(H,31,32,34)/q+1/b7-6+. The Morgan fingerprint density at radius 2 is 2.08 bits per heavy atom. The largest absolute Gasteiger partial charge is 0.368 e. The van der Waals surface area contributed by atoms with Gasteiger partial charge in [-0.15, -0.1) is 6.42 Å². The summed E-state index contributed by atoms with van der Waals surface area (Å²) in [5, 5.41) is 15.7. The first-order valence-corrected chi connectivity index (χ1v) is 12.5. The van der Waals surface area contributed by atoms with Gasteiger partial charge in [0, 0.05) is 28.8 Å². The molecule has 198 valence electrons. The number of halogens is 1. The highest BCUT2D eigenvalue weighted by Gasteiger charge is 2.31. The minimum absolute atomic E-state index is 0.0634. The van der Waals surface area contributed by atoms with Crippen LogP contribution in [0.25, 0.3) is 10.9 Å². The molecule has 1 aliphatic heterocycles. The molecule has 0 unspecified atom stereocenters. The third-order valence-electron chi connectivity index (χ3n) is 6.10. The van der Waals surface area contributed by atoms with Gasteiger partial charge in [0.05, 0.1) is 49.4 Å². The number of carbonyl (C=O) groups excluding carboxylic acids is 1. The number of likely N-dealkylation sites (N-methyl/N-ethyl adjacent to an activating group) is 1. The quantitative estimate of drug-likeness (QED) is 0.131. The molecule has 3 aromatic rings. The lowest BCUT2D eigenvalue weighted by Gasteiger charge is -2.28. The summed E-state index contributed by atoms with van der Waals surface area (Å²) in [6, 6.07) is 7.04. The number of hydrogen-bond acceptors (Lipinski definition) is 8. The number of allylic oxidation sites excluding steroid dienone is 1. The maximum atomic E-state index is 12.7. The minimum Gasteiger partial charge on any atom is -0.358 e. The first-order chi connectivity index (χ1) is 18.5. The molecule has 11 heteroatoms. The van der Waals surface area contributed by atoms with E-state index in [1.165, 1.54) is 12.4 Å². The number of aliphatic imine (C=N–C) groups is 1. The summed E-state index contributed by atoms with van der Waals surface area (Å²) in [4.78, 5) is 40.6. The number of carbonyl (C=O) groups is 1. The molecule has 4 rings (SSSR count). The lowest BCUT2D eigenvalue weighted by atomic mass is 10.1. The lowest BCUT2D eigenvalue weighted by Crippen LogP contribution is -2.41. The fourth-order valence-corrected chi connectivity index (χ4v) is 4.49. The van der Waals surface area contributed by atoms with E-state index in [0.717, 1.165) is 5.71 Å². The average molecular weight is 545 g/mol. The van der Waals surface area contributed by atoms with E-state index >= 15 is 0 Å². The van der Waals surface area contributed by atoms with Crippen molar-refractivity contribution in [2.24, 2.45) is 4.99 Å². The summed E-state index contributed by atoms with van der Waals surface area (Å²) in [5.74, 6) is 2.91. The van der Waals surface area contributed by atoms with Gasteiger partial charge in [-0.3, -0.25) is 9.78 Å². The number of nitrogens with zero attached hydrogens (tertiary/aromatic N) is 6. The molecule has 0 fully saturated rings. The molecule has 0 radical (unpaired) electrons. The number of fused-ring (bicyclic) bond motifs is 1. The van der Waals surface area contributed by atoms with Gasteiger partial charge >= 0.3 is 5.82 Å². The van der Waals surface area contributed by atoms with Crippen molar-refractivity contribution < 1.29 is 14.2 Å². The molecule has 0 spiro atoms. The van der Waals surface area contributed by atoms with Crippen LogP contribution in [0.1, 0.15) is 24.6 Å². The Labute approximate surface area is 230 Å². The topological polar surface area (TPSA) is 123 Å². The fraction of sp³-hybridized carbons (Fsp3) is 0.250. The van der Waals surface area contributed by atoms with E-state index in [4.69, 9.17) is 18.0 Å². The SMILES string of the molecule is C#Cc1cc(Nc2ncnc3cnc(CC(=O)/C=C/C[N+](C)(C)CC4=C([N+](=O)[O-])N=C(C)C4)cc23)ccc1Cl. The highest BCUT2D eigenvalue weighted by atomic mass is 35.5. The Hall–Kier alpha value is -4.46. The molecule has 0 aliphatic carbocycles. The second kappa shape index (κ2) is 11.5. The number of rotatable bonds is 10. The predicted molar refractivity (Wildman–Crippen MR) is 151 cm³/mol. The monoisotopic (exact) mass is 544 g/mol. The van der Waals surface area contributed by atoms with Crippen molar-refractivity contribution in [2.75, 3.05) is 32.5 Å². The molecule has 10 nitrogen and oxygen atoms in total. The van der Waals surface area contributed by atoms with Crippen molar-refractivity contribution in [3.63, 3.8) is 0 Å². The maximum absolute atomic E-state index is 12.7. The van der Waals surface area contributed by atoms with Crippen molar-refractivity contribution in [2.45, 2.75) is 19.8 Å². The average Bonchev–Trinajstić information content (AvgIpc) is 3.24. The zero-order valence-electron chi connectivity index (χ0n) is 21.8. The van der Waals surface area contributed by atoms with Crippen LogP contribution in [0.2, 0.25) is 5.02 Å². The van der Waals surface area contributed by atoms with Crippen LogP contribution in [-0.4, -0.2) is 63.0 Å². The van der Waals surface area contributed by atoms with Gasteiger partial charge in [0.1, 0.15) is 24.4 Å². The smallest absolute Gasteiger partial charge is 0.358 e. The van der Waals surface area contributed by atoms with Gasteiger partial charge in [-0.1, -0.05) is 17.5 Å². The van der Waals surface area contributed by atoms with Gasteiger partial charge in [0.25, 0.3) is 0 Å². The summed E-state index contributed by atoms with van der Waals surface area (Å²) < 4.78 is 0.450. The van der Waals surface area contributed by atoms with Crippen LogP contribution in [0.5, 0.6) is 0 Å². The number of anilines is 2. The Balaban J connectivity index is 1.43. The van der Waals surface area contributed by atoms with E-state index < -0.39 is 4.92 Å². The number of terminal acetylenes is 1. The predicted octanol–water partition coefficient (Wildman–Crippen LogP) is 4.50. The van der Waals surface area contributed by atoms with Crippen LogP contribution >= 0.6 is 11.6 Å². The summed E-state index contributed by atoms with van der Waals surface area (Å²) in [5.41, 5.74) is 3.90. The van der Waals surface area contributed by atoms with Crippen LogP contribution in [-0.2, 0) is 11.2 Å². The van der Waals surface area contributed by atoms with Gasteiger partial charge in [-0.25, -0.2) is 9.97 Å². The highest BCUT2D eigenvalue weighted by Crippen LogP contribution is 2.26. The van der Waals surface area contributed by atoms with Gasteiger partial charge in [0.2, 0.25) is 0 Å². The Kier molecular flexibility index (Phi) is 8.14. The molecule has 0 saturated heterocycles. The molecule has 39 heavy (non-hydrogen) atoms. The fourth-order valence-electron chi connectivity index (χ4n) is 4.32. The zero-order chi connectivity index (χ0) is 28.2. The number of benzene rings is 1. The van der Waals surface area contributed by atoms with E-state index in [1.54, 1.807) is 43.5 Å². The first kappa shape index (κ1) is 27.6. The number of aromatic nitrogens is 3. The summed E-state index contributed by atoms with van der Waals surface area (Å²) in [6.45, 7) is 2.77. The second-order valence-corrected chi connectivity index (χ2v) is 10.3. The molecule has 0 atom stereocenters. The third kappa shape index (κ3) is 6.90. The van der Waals surface area contributed by atoms with Gasteiger partial charge in [0.15, 0.2) is 5.78 Å². The summed E-state index contributed by atoms with van der Waals surface area (Å²) in [6.07, 6.45) is 12.5. The van der Waals surface area contributed by atoms with Gasteiger partial charge in [-0.05, 0) is 53.3 Å². The van der Waals surface area contributed by atoms with E-state index in [2.05, 4.69) is 31.2 Å². The zero-order valence-corrected chi connectivity index (χ0v) is 22.6. The molecular weight excluding hydrogens is 518 g/mol.